The van der Waals surface area contributed by atoms with Crippen molar-refractivity contribution in [1.29, 1.82) is 0 Å². The van der Waals surface area contributed by atoms with Crippen molar-refractivity contribution in [1.82, 2.24) is 0 Å². The average Bonchev–Trinajstić information content (AvgIpc) is 2.48. The quantitative estimate of drug-likeness (QED) is 0.621. The van der Waals surface area contributed by atoms with Crippen LogP contribution >= 0.6 is 12.6 Å². The number of hydrogen-bond acceptors (Lipinski definition) is 4. The van der Waals surface area contributed by atoms with Crippen molar-refractivity contribution in [3.05, 3.63) is 11.3 Å². The summed E-state index contributed by atoms with van der Waals surface area (Å²) in [6, 6.07) is 0. The summed E-state index contributed by atoms with van der Waals surface area (Å²) in [7, 11) is 0. The van der Waals surface area contributed by atoms with E-state index in [0.29, 0.717) is 24.0 Å². The Bertz CT molecular complexity index is 485. The number of hydrogen-bond donors (Lipinski definition) is 2. The molecule has 0 aromatic heterocycles. The van der Waals surface area contributed by atoms with Gasteiger partial charge in [0.1, 0.15) is 0 Å². The number of carbonyl (C=O) groups is 1. The van der Waals surface area contributed by atoms with Crippen LogP contribution in [0.2, 0.25) is 0 Å². The maximum Gasteiger partial charge on any atom is 0.388 e. The van der Waals surface area contributed by atoms with Gasteiger partial charge in [-0.05, 0) is 43.1 Å². The van der Waals surface area contributed by atoms with Crippen LogP contribution in [0.5, 0.6) is 0 Å². The van der Waals surface area contributed by atoms with Crippen molar-refractivity contribution in [3.63, 3.8) is 0 Å². The lowest BCUT2D eigenvalue weighted by Crippen LogP contribution is -2.36. The van der Waals surface area contributed by atoms with Gasteiger partial charge >= 0.3 is 11.2 Å². The summed E-state index contributed by atoms with van der Waals surface area (Å²) in [5, 5.41) is 6.37. The first-order chi connectivity index (χ1) is 9.20. The van der Waals surface area contributed by atoms with E-state index in [9.17, 15) is 18.7 Å². The number of allylic oxidation sites excluding steroid dienone is 2. The number of aliphatic hydroxyl groups excluding tert-OH is 1. The van der Waals surface area contributed by atoms with E-state index >= 15 is 0 Å². The third-order valence-electron chi connectivity index (χ3n) is 5.04. The molecule has 0 aromatic rings. The minimum atomic E-state index is -3.74. The van der Waals surface area contributed by atoms with Crippen LogP contribution in [0.25, 0.3) is 0 Å². The van der Waals surface area contributed by atoms with Gasteiger partial charge < -0.3 is 9.84 Å². The summed E-state index contributed by atoms with van der Waals surface area (Å²) >= 11 is 2.92. The molecule has 6 heteroatoms. The maximum atomic E-state index is 12.7. The molecule has 20 heavy (non-hydrogen) atoms. The van der Waals surface area contributed by atoms with Crippen LogP contribution in [0.4, 0.5) is 8.78 Å². The Morgan fingerprint density at radius 2 is 2.25 bits per heavy atom. The first-order valence-corrected chi connectivity index (χ1v) is 7.34. The molecular weight excluding hydrogens is 286 g/mol. The molecule has 112 valence electrons. The number of ether oxygens (including phenoxy) is 1. The van der Waals surface area contributed by atoms with E-state index in [2.05, 4.69) is 12.6 Å². The van der Waals surface area contributed by atoms with Crippen LogP contribution in [0.3, 0.4) is 0 Å². The molecule has 2 bridgehead atoms. The fourth-order valence-corrected chi connectivity index (χ4v) is 4.22. The number of carbonyl (C=O) groups excluding carboxylic acids is 1. The minimum absolute atomic E-state index is 0.0374. The predicted octanol–water partition coefficient (Wildman–Crippen LogP) is 3.32. The zero-order valence-electron chi connectivity index (χ0n) is 11.2. The molecule has 0 aliphatic heterocycles. The topological polar surface area (TPSA) is 46.5 Å². The number of alkyl halides is 2. The monoisotopic (exact) mass is 304 g/mol. The van der Waals surface area contributed by atoms with Crippen LogP contribution in [-0.2, 0) is 9.53 Å². The van der Waals surface area contributed by atoms with E-state index in [0.717, 1.165) is 19.3 Å². The van der Waals surface area contributed by atoms with Crippen LogP contribution in [0.15, 0.2) is 11.3 Å². The molecule has 0 aromatic carbocycles. The standard InChI is InChI=1S/C14H18F2O3S/c1-13(6-19-12(18)14(15,16)20)4-7-2-10-9(7)3-8(5-13)11(10)17/h7-9,17,20H,2-6H2,1H3. The summed E-state index contributed by atoms with van der Waals surface area (Å²) in [6.07, 6.45) is 3.40. The maximum absolute atomic E-state index is 12.7. The molecule has 3 aliphatic rings. The van der Waals surface area contributed by atoms with Gasteiger partial charge in [0.2, 0.25) is 0 Å². The van der Waals surface area contributed by atoms with Crippen molar-refractivity contribution < 1.29 is 23.4 Å². The van der Waals surface area contributed by atoms with Gasteiger partial charge in [-0.15, -0.1) is 0 Å². The highest BCUT2D eigenvalue weighted by molar-refractivity contribution is 7.82. The van der Waals surface area contributed by atoms with Crippen molar-refractivity contribution in [2.45, 2.75) is 37.9 Å². The Kier molecular flexibility index (Phi) is 3.09. The van der Waals surface area contributed by atoms with Gasteiger partial charge in [0.05, 0.1) is 12.4 Å². The number of esters is 1. The highest BCUT2D eigenvalue weighted by atomic mass is 32.1. The average molecular weight is 304 g/mol. The first-order valence-electron chi connectivity index (χ1n) is 6.89. The third kappa shape index (κ3) is 2.22. The first kappa shape index (κ1) is 14.2. The molecule has 2 saturated carbocycles. The van der Waals surface area contributed by atoms with Crippen molar-refractivity contribution in [3.8, 4) is 0 Å². The number of thiol groups is 1. The van der Waals surface area contributed by atoms with E-state index in [-0.39, 0.29) is 17.9 Å². The molecule has 4 unspecified atom stereocenters. The lowest BCUT2D eigenvalue weighted by molar-refractivity contribution is -0.164. The Labute approximate surface area is 121 Å². The lowest BCUT2D eigenvalue weighted by atomic mass is 9.64. The van der Waals surface area contributed by atoms with Crippen LogP contribution in [-0.4, -0.2) is 22.9 Å². The molecule has 2 fully saturated rings. The van der Waals surface area contributed by atoms with Gasteiger partial charge in [-0.25, -0.2) is 4.79 Å². The zero-order valence-corrected chi connectivity index (χ0v) is 12.1. The molecule has 3 rings (SSSR count). The van der Waals surface area contributed by atoms with Crippen molar-refractivity contribution in [2.24, 2.45) is 23.2 Å². The second-order valence-corrected chi connectivity index (χ2v) is 7.31. The Hall–Kier alpha value is -0.780. The molecule has 0 heterocycles. The SMILES string of the molecule is CC1(COC(=O)C(F)(F)S)CC2CC3C(=C2O)CC3C1. The summed E-state index contributed by atoms with van der Waals surface area (Å²) in [6.45, 7) is 1.91. The normalized spacial score (nSPS) is 39.3. The fourth-order valence-electron chi connectivity index (χ4n) is 4.16. The van der Waals surface area contributed by atoms with Gasteiger partial charge in [0.25, 0.3) is 0 Å². The minimum Gasteiger partial charge on any atom is -0.512 e. The Morgan fingerprint density at radius 3 is 2.90 bits per heavy atom. The summed E-state index contributed by atoms with van der Waals surface area (Å²) in [5.41, 5.74) is 0.847. The molecule has 0 saturated heterocycles. The van der Waals surface area contributed by atoms with Gasteiger partial charge in [-0.3, -0.25) is 0 Å². The van der Waals surface area contributed by atoms with E-state index in [1.54, 1.807) is 0 Å². The van der Waals surface area contributed by atoms with Crippen LogP contribution in [0, 0.1) is 23.2 Å². The molecule has 3 aliphatic carbocycles. The van der Waals surface area contributed by atoms with Gasteiger partial charge in [0, 0.05) is 11.3 Å². The molecule has 0 spiro atoms. The Morgan fingerprint density at radius 1 is 1.55 bits per heavy atom. The highest BCUT2D eigenvalue weighted by Gasteiger charge is 2.53. The molecule has 4 atom stereocenters. The largest absolute Gasteiger partial charge is 0.512 e. The van der Waals surface area contributed by atoms with Crippen LogP contribution in [0.1, 0.15) is 32.6 Å². The van der Waals surface area contributed by atoms with E-state index in [1.807, 2.05) is 6.92 Å². The van der Waals surface area contributed by atoms with Crippen LogP contribution < -0.4 is 0 Å². The predicted molar refractivity (Wildman–Crippen MR) is 71.6 cm³/mol. The summed E-state index contributed by atoms with van der Waals surface area (Å²) in [4.78, 5) is 11.1. The lowest BCUT2D eigenvalue weighted by Gasteiger charge is -2.42. The molecule has 1 N–H and O–H groups in total. The van der Waals surface area contributed by atoms with Gasteiger partial charge in [-0.1, -0.05) is 19.6 Å². The van der Waals surface area contributed by atoms with Crippen molar-refractivity contribution in [2.75, 3.05) is 6.61 Å². The molecule has 0 amide bonds. The third-order valence-corrected chi connectivity index (χ3v) is 5.23. The highest BCUT2D eigenvalue weighted by Crippen LogP contribution is 2.60. The van der Waals surface area contributed by atoms with E-state index in [1.165, 1.54) is 5.57 Å². The van der Waals surface area contributed by atoms with E-state index < -0.39 is 11.2 Å². The fraction of sp³-hybridized carbons (Fsp3) is 0.786. The second kappa shape index (κ2) is 4.36. The zero-order chi connectivity index (χ0) is 14.7. The number of fused-ring (bicyclic) bond motifs is 1. The van der Waals surface area contributed by atoms with Gasteiger partial charge in [-0.2, -0.15) is 8.78 Å². The van der Waals surface area contributed by atoms with Gasteiger partial charge in [0.15, 0.2) is 0 Å². The molecular formula is C14H18F2O3S. The molecule has 0 radical (unpaired) electrons. The van der Waals surface area contributed by atoms with Crippen molar-refractivity contribution >= 4 is 18.6 Å². The second-order valence-electron chi connectivity index (χ2n) is 6.75. The summed E-state index contributed by atoms with van der Waals surface area (Å²) < 4.78 is 30.2. The number of aliphatic hydroxyl groups is 1. The van der Waals surface area contributed by atoms with E-state index in [4.69, 9.17) is 4.74 Å². The number of rotatable bonds is 3. The Balaban J connectivity index is 1.68. The summed E-state index contributed by atoms with van der Waals surface area (Å²) in [5.74, 6) is -0.0417. The molecule has 3 nitrogen and oxygen atoms in total. The number of halogens is 2. The smallest absolute Gasteiger partial charge is 0.388 e.